The van der Waals surface area contributed by atoms with Crippen molar-refractivity contribution in [1.82, 2.24) is 9.62 Å². The van der Waals surface area contributed by atoms with Crippen molar-refractivity contribution >= 4 is 6.98 Å². The first kappa shape index (κ1) is 8.48. The molecule has 0 saturated heterocycles. The van der Waals surface area contributed by atoms with Gasteiger partial charge in [-0.1, -0.05) is 12.1 Å². The monoisotopic (exact) mass is 174 g/mol. The van der Waals surface area contributed by atoms with E-state index in [2.05, 4.69) is 67.1 Å². The van der Waals surface area contributed by atoms with Crippen molar-refractivity contribution in [2.75, 3.05) is 0 Å². The molecular formula is C10H15BN2. The highest BCUT2D eigenvalue weighted by atomic mass is 15.3. The molecule has 2 rings (SSSR count). The Labute approximate surface area is 80.3 Å². The topological polar surface area (TPSA) is 6.48 Å². The number of allylic oxidation sites excluding steroid dienone is 2. The van der Waals surface area contributed by atoms with Crippen LogP contribution in [-0.4, -0.2) is 22.1 Å². The van der Waals surface area contributed by atoms with Gasteiger partial charge in [0.25, 0.3) is 0 Å². The van der Waals surface area contributed by atoms with Crippen LogP contribution in [0.1, 0.15) is 20.8 Å². The fraction of sp³-hybridized carbons (Fsp3) is 0.400. The van der Waals surface area contributed by atoms with Gasteiger partial charge >= 0.3 is 6.98 Å². The average Bonchev–Trinajstić information content (AvgIpc) is 2.45. The first-order chi connectivity index (χ1) is 6.09. The highest BCUT2D eigenvalue weighted by Gasteiger charge is 2.35. The number of fused-ring (bicyclic) bond motifs is 1. The van der Waals surface area contributed by atoms with Gasteiger partial charge in [-0.15, -0.1) is 0 Å². The van der Waals surface area contributed by atoms with Gasteiger partial charge in [0.15, 0.2) is 0 Å². The van der Waals surface area contributed by atoms with Crippen LogP contribution in [-0.2, 0) is 0 Å². The predicted molar refractivity (Wildman–Crippen MR) is 56.6 cm³/mol. The summed E-state index contributed by atoms with van der Waals surface area (Å²) in [5.41, 5.74) is 0.186. The van der Waals surface area contributed by atoms with E-state index < -0.39 is 0 Å². The second-order valence-corrected chi connectivity index (χ2v) is 4.46. The lowest BCUT2D eigenvalue weighted by Crippen LogP contribution is -2.49. The largest absolute Gasteiger partial charge is 0.407 e. The average molecular weight is 174 g/mol. The van der Waals surface area contributed by atoms with E-state index in [4.69, 9.17) is 0 Å². The molecule has 2 aliphatic rings. The molecule has 13 heavy (non-hydrogen) atoms. The zero-order chi connectivity index (χ0) is 9.47. The molecule has 68 valence electrons. The quantitative estimate of drug-likeness (QED) is 0.518. The molecule has 2 heterocycles. The van der Waals surface area contributed by atoms with E-state index in [-0.39, 0.29) is 5.54 Å². The van der Waals surface area contributed by atoms with E-state index in [0.29, 0.717) is 6.98 Å². The molecule has 0 atom stereocenters. The summed E-state index contributed by atoms with van der Waals surface area (Å²) in [4.78, 5) is 4.57. The van der Waals surface area contributed by atoms with Crippen LogP contribution < -0.4 is 0 Å². The molecule has 0 aromatic heterocycles. The van der Waals surface area contributed by atoms with Crippen LogP contribution in [0.25, 0.3) is 0 Å². The standard InChI is InChI=1S/C10H15BN2/c1-10(2,3)13-9-8-12-7-5-4-6-11(12)13/h4-9H,1-3H3. The maximum atomic E-state index is 2.35. The highest BCUT2D eigenvalue weighted by molar-refractivity contribution is 6.60. The zero-order valence-electron chi connectivity index (χ0n) is 8.44. The summed E-state index contributed by atoms with van der Waals surface area (Å²) < 4.78 is 0. The Morgan fingerprint density at radius 2 is 1.77 bits per heavy atom. The molecule has 3 heteroatoms. The minimum atomic E-state index is 0.186. The molecule has 0 spiro atoms. The van der Waals surface area contributed by atoms with Crippen molar-refractivity contribution in [2.45, 2.75) is 26.3 Å². The summed E-state index contributed by atoms with van der Waals surface area (Å²) in [6, 6.07) is 0. The first-order valence-electron chi connectivity index (χ1n) is 4.68. The van der Waals surface area contributed by atoms with Gasteiger partial charge in [-0.3, -0.25) is 0 Å². The smallest absolute Gasteiger partial charge is 0.392 e. The van der Waals surface area contributed by atoms with Crippen molar-refractivity contribution in [3.63, 3.8) is 0 Å². The molecule has 0 amide bonds. The van der Waals surface area contributed by atoms with E-state index >= 15 is 0 Å². The minimum Gasteiger partial charge on any atom is -0.392 e. The van der Waals surface area contributed by atoms with E-state index in [1.54, 1.807) is 0 Å². The summed E-state index contributed by atoms with van der Waals surface area (Å²) >= 11 is 0. The van der Waals surface area contributed by atoms with Gasteiger partial charge in [0.05, 0.1) is 0 Å². The lowest BCUT2D eigenvalue weighted by Gasteiger charge is -2.37. The Bertz CT molecular complexity index is 286. The summed E-state index contributed by atoms with van der Waals surface area (Å²) in [6.45, 7) is 7.07. The number of hydrogen-bond acceptors (Lipinski definition) is 2. The minimum absolute atomic E-state index is 0.186. The van der Waals surface area contributed by atoms with Gasteiger partial charge in [0.2, 0.25) is 0 Å². The Morgan fingerprint density at radius 1 is 1.00 bits per heavy atom. The fourth-order valence-corrected chi connectivity index (χ4v) is 1.73. The van der Waals surface area contributed by atoms with Crippen LogP contribution in [0, 0.1) is 0 Å². The zero-order valence-corrected chi connectivity index (χ0v) is 8.44. The van der Waals surface area contributed by atoms with Gasteiger partial charge < -0.3 is 9.62 Å². The first-order valence-corrected chi connectivity index (χ1v) is 4.68. The second kappa shape index (κ2) is 2.69. The molecule has 0 bridgehead atoms. The molecule has 0 N–H and O–H groups in total. The Balaban J connectivity index is 2.23. The van der Waals surface area contributed by atoms with Gasteiger partial charge in [-0.05, 0) is 33.0 Å². The third-order valence-corrected chi connectivity index (χ3v) is 2.42. The van der Waals surface area contributed by atoms with Crippen LogP contribution >= 0.6 is 0 Å². The Morgan fingerprint density at radius 3 is 2.46 bits per heavy atom. The van der Waals surface area contributed by atoms with Gasteiger partial charge in [-0.25, -0.2) is 0 Å². The molecule has 0 aromatic carbocycles. The predicted octanol–water partition coefficient (Wildman–Crippen LogP) is 1.98. The summed E-state index contributed by atoms with van der Waals surface area (Å²) in [5.74, 6) is 2.21. The van der Waals surface area contributed by atoms with E-state index in [0.717, 1.165) is 0 Å². The number of rotatable bonds is 0. The van der Waals surface area contributed by atoms with E-state index in [9.17, 15) is 0 Å². The summed E-state index contributed by atoms with van der Waals surface area (Å²) in [7, 11) is 0. The highest BCUT2D eigenvalue weighted by Crippen LogP contribution is 2.25. The van der Waals surface area contributed by atoms with E-state index in [1.165, 1.54) is 0 Å². The van der Waals surface area contributed by atoms with Crippen LogP contribution in [0.5, 0.6) is 0 Å². The third-order valence-electron chi connectivity index (χ3n) is 2.42. The van der Waals surface area contributed by atoms with Crippen LogP contribution in [0.4, 0.5) is 0 Å². The molecule has 2 aliphatic heterocycles. The maximum absolute atomic E-state index is 2.35. The summed E-state index contributed by atoms with van der Waals surface area (Å²) in [6.07, 6.45) is 10.5. The third kappa shape index (κ3) is 1.39. The number of nitrogens with zero attached hydrogens (tertiary/aromatic N) is 2. The Hall–Kier alpha value is -1.12. The fourth-order valence-electron chi connectivity index (χ4n) is 1.73. The van der Waals surface area contributed by atoms with Gasteiger partial charge in [-0.2, -0.15) is 0 Å². The molecular weight excluding hydrogens is 159 g/mol. The molecule has 0 radical (unpaired) electrons. The summed E-state index contributed by atoms with van der Waals surface area (Å²) in [5, 5.41) is 0. The van der Waals surface area contributed by atoms with Crippen LogP contribution in [0.2, 0.25) is 0 Å². The Kier molecular flexibility index (Phi) is 1.75. The lowest BCUT2D eigenvalue weighted by molar-refractivity contribution is 0.324. The molecule has 0 aliphatic carbocycles. The van der Waals surface area contributed by atoms with Crippen molar-refractivity contribution < 1.29 is 0 Å². The molecule has 0 fully saturated rings. The molecule has 0 saturated carbocycles. The van der Waals surface area contributed by atoms with Gasteiger partial charge in [0, 0.05) is 17.9 Å². The second-order valence-electron chi connectivity index (χ2n) is 4.46. The van der Waals surface area contributed by atoms with E-state index in [1.807, 2.05) is 0 Å². The molecule has 0 unspecified atom stereocenters. The normalized spacial score (nSPS) is 20.1. The van der Waals surface area contributed by atoms with Crippen molar-refractivity contribution in [1.29, 1.82) is 0 Å². The molecule has 0 aromatic rings. The maximum Gasteiger partial charge on any atom is 0.407 e. The van der Waals surface area contributed by atoms with Gasteiger partial charge in [0.1, 0.15) is 0 Å². The molecule has 2 nitrogen and oxygen atoms in total. The van der Waals surface area contributed by atoms with Crippen molar-refractivity contribution in [3.05, 3.63) is 36.7 Å². The van der Waals surface area contributed by atoms with Crippen molar-refractivity contribution in [2.24, 2.45) is 0 Å². The van der Waals surface area contributed by atoms with Crippen molar-refractivity contribution in [3.8, 4) is 0 Å². The van der Waals surface area contributed by atoms with Crippen LogP contribution in [0.15, 0.2) is 36.7 Å². The lowest BCUT2D eigenvalue weighted by atomic mass is 9.69. The van der Waals surface area contributed by atoms with Crippen LogP contribution in [0.3, 0.4) is 0 Å². The number of hydrogen-bond donors (Lipinski definition) is 0. The SMILES string of the molecule is CC(C)(C)N1C=CN2C=CC=CB21.